The Labute approximate surface area is 784 Å². The van der Waals surface area contributed by atoms with Gasteiger partial charge in [-0.2, -0.15) is 39.5 Å². The van der Waals surface area contributed by atoms with Crippen molar-refractivity contribution in [1.82, 2.24) is 20.0 Å². The van der Waals surface area contributed by atoms with E-state index >= 15 is 0 Å². The van der Waals surface area contributed by atoms with Gasteiger partial charge in [-0.3, -0.25) is 9.80 Å². The number of rotatable bonds is 25. The van der Waals surface area contributed by atoms with E-state index in [1.807, 2.05) is 33.2 Å². The van der Waals surface area contributed by atoms with Gasteiger partial charge in [0.25, 0.3) is 0 Å². The van der Waals surface area contributed by atoms with Crippen molar-refractivity contribution in [2.24, 2.45) is 11.3 Å². The smallest absolute Gasteiger partial charge is 0.416 e. The zero-order valence-corrected chi connectivity index (χ0v) is 84.9. The molecule has 10 aromatic rings. The molecular weight excluding hydrogens is 1660 g/mol. The molecular formula is C115H157F9N4O3. The van der Waals surface area contributed by atoms with E-state index in [9.17, 15) is 39.5 Å². The lowest BCUT2D eigenvalue weighted by Crippen LogP contribution is -2.33. The second kappa shape index (κ2) is 48.9. The highest BCUT2D eigenvalue weighted by atomic mass is 19.4. The van der Waals surface area contributed by atoms with Gasteiger partial charge in [0.15, 0.2) is 0 Å². The summed E-state index contributed by atoms with van der Waals surface area (Å²) in [4.78, 5) is 6.39. The summed E-state index contributed by atoms with van der Waals surface area (Å²) in [5, 5.41) is 3.67. The van der Waals surface area contributed by atoms with E-state index in [2.05, 4.69) is 385 Å². The fraction of sp³-hybridized carbons (Fsp3) is 0.478. The molecule has 10 aromatic carbocycles. The molecule has 1 N–H and O–H groups in total. The van der Waals surface area contributed by atoms with Crippen LogP contribution in [0.2, 0.25) is 0 Å². The highest BCUT2D eigenvalue weighted by Gasteiger charge is 2.33. The molecule has 10 rings (SSSR count). The Kier molecular flexibility index (Phi) is 42.0. The highest BCUT2D eigenvalue weighted by Crippen LogP contribution is 2.37. The third kappa shape index (κ3) is 39.7. The van der Waals surface area contributed by atoms with Gasteiger partial charge in [0.1, 0.15) is 5.75 Å². The number of nitrogens with one attached hydrogen (secondary N) is 1. The number of hydrogen-bond donors (Lipinski definition) is 1. The Morgan fingerprint density at radius 1 is 0.290 bits per heavy atom. The van der Waals surface area contributed by atoms with Crippen molar-refractivity contribution in [1.29, 1.82) is 0 Å². The van der Waals surface area contributed by atoms with Crippen molar-refractivity contribution >= 4 is 0 Å². The van der Waals surface area contributed by atoms with E-state index in [-0.39, 0.29) is 68.8 Å². The molecule has 718 valence electrons. The number of ether oxygens (including phenoxy) is 3. The minimum absolute atomic E-state index is 0.100. The van der Waals surface area contributed by atoms with Gasteiger partial charge in [0, 0.05) is 55.8 Å². The van der Waals surface area contributed by atoms with Gasteiger partial charge >= 0.3 is 18.5 Å². The van der Waals surface area contributed by atoms with Crippen molar-refractivity contribution in [3.63, 3.8) is 0 Å². The zero-order chi connectivity index (χ0) is 98.8. The Hall–Kier alpha value is -8.87. The number of benzene rings is 10. The molecule has 6 unspecified atom stereocenters. The molecule has 0 bridgehead atoms. The van der Waals surface area contributed by atoms with Crippen LogP contribution in [0.1, 0.15) is 330 Å². The minimum atomic E-state index is -4.30. The van der Waals surface area contributed by atoms with Crippen LogP contribution in [0.3, 0.4) is 0 Å². The Bertz CT molecular complexity index is 4910. The van der Waals surface area contributed by atoms with Crippen LogP contribution in [0, 0.1) is 11.3 Å². The average Bonchev–Trinajstić information content (AvgIpc) is 0.798. The zero-order valence-electron chi connectivity index (χ0n) is 84.9. The van der Waals surface area contributed by atoms with Gasteiger partial charge in [0.2, 0.25) is 0 Å². The first-order valence-corrected chi connectivity index (χ1v) is 46.2. The topological polar surface area (TPSA) is 49.4 Å². The fourth-order valence-electron chi connectivity index (χ4n) is 14.4. The number of halogens is 9. The van der Waals surface area contributed by atoms with E-state index in [0.29, 0.717) is 36.7 Å². The van der Waals surface area contributed by atoms with Gasteiger partial charge in [-0.15, -0.1) is 0 Å². The maximum atomic E-state index is 12.8. The second-order valence-corrected chi connectivity index (χ2v) is 42.9. The summed E-state index contributed by atoms with van der Waals surface area (Å²) in [5.74, 6) is 1.55. The molecule has 0 fully saturated rings. The summed E-state index contributed by atoms with van der Waals surface area (Å²) in [6.45, 7) is 65.1. The lowest BCUT2D eigenvalue weighted by atomic mass is 9.86. The minimum Gasteiger partial charge on any atom is -0.493 e. The first-order chi connectivity index (χ1) is 60.3. The molecule has 0 heterocycles. The first-order valence-electron chi connectivity index (χ1n) is 46.2. The summed E-state index contributed by atoms with van der Waals surface area (Å²) in [5.41, 5.74) is 16.8. The van der Waals surface area contributed by atoms with Gasteiger partial charge in [-0.25, -0.2) is 0 Å². The molecule has 0 saturated carbocycles. The van der Waals surface area contributed by atoms with Crippen LogP contribution in [-0.2, 0) is 80.2 Å². The van der Waals surface area contributed by atoms with Crippen LogP contribution in [-0.4, -0.2) is 62.6 Å². The van der Waals surface area contributed by atoms with Crippen LogP contribution in [0.15, 0.2) is 249 Å². The molecule has 0 saturated heterocycles. The number of hydrogen-bond acceptors (Lipinski definition) is 7. The second-order valence-electron chi connectivity index (χ2n) is 42.9. The van der Waals surface area contributed by atoms with Crippen LogP contribution in [0.5, 0.6) is 5.75 Å². The quantitative estimate of drug-likeness (QED) is 0.0572. The van der Waals surface area contributed by atoms with Crippen molar-refractivity contribution in [3.05, 3.63) is 349 Å². The summed E-state index contributed by atoms with van der Waals surface area (Å²) in [6.07, 6.45) is -12.8. The lowest BCUT2D eigenvalue weighted by molar-refractivity contribution is -0.138. The largest absolute Gasteiger partial charge is 0.493 e. The van der Waals surface area contributed by atoms with E-state index in [1.165, 1.54) is 79.9 Å². The van der Waals surface area contributed by atoms with E-state index in [4.69, 9.17) is 14.2 Å². The van der Waals surface area contributed by atoms with Crippen LogP contribution < -0.4 is 10.1 Å². The van der Waals surface area contributed by atoms with Gasteiger partial charge in [-0.05, 0) is 234 Å². The van der Waals surface area contributed by atoms with Crippen LogP contribution in [0.4, 0.5) is 39.5 Å². The summed E-state index contributed by atoms with van der Waals surface area (Å²) in [6, 6.07) is 79.2. The van der Waals surface area contributed by atoms with Gasteiger partial charge < -0.3 is 24.4 Å². The third-order valence-electron chi connectivity index (χ3n) is 23.4. The molecule has 0 aliphatic heterocycles. The molecule has 16 heteroatoms. The standard InChI is InChI=1S/2C21H26F3N.C20H23F3O.C20H27N.C17H29NO.C16H26O/c1-15(17-8-12-18(13-9-17)20(2,3)4)25(5)14-16-6-10-19(11-7-16)21(22,23)24;1-15(17-9-11-18(12-10-17)20(2,3)4)25(5)14-16-7-6-8-19(13-16)21(22,23)24;1-14(16-7-11-17(12-8-16)19(2,3)4)24-13-15-5-9-18(10-6-15)20(21,22)23;1-15(17-9-7-6-8-10-17)21-16(2)18-11-13-19(14-12-18)20(3,4)5;1-16(2,3)14-8-10-15(11-9-14)19-13-17(4,5)12-18(6)7;1-12(2)11-17-13(3)14-7-9-15(10-8-14)16(4,5)6/h2*6-13,15H,14H2,1-5H3;5-12,14H,13H2,1-4H3;6-16,21H,1-5H3;8-11H,12-13H2,1-7H3;7-10,12-13H,11H2,1-6H3. The van der Waals surface area contributed by atoms with Crippen LogP contribution >= 0.6 is 0 Å². The molecule has 0 amide bonds. The van der Waals surface area contributed by atoms with Crippen molar-refractivity contribution in [2.75, 3.05) is 47.9 Å². The van der Waals surface area contributed by atoms with E-state index < -0.39 is 35.2 Å². The summed E-state index contributed by atoms with van der Waals surface area (Å²) in [7, 11) is 8.11. The third-order valence-corrected chi connectivity index (χ3v) is 23.4. The van der Waals surface area contributed by atoms with Crippen LogP contribution in [0.25, 0.3) is 0 Å². The Morgan fingerprint density at radius 2 is 0.588 bits per heavy atom. The first kappa shape index (κ1) is 113. The number of alkyl halides is 9. The molecule has 0 radical (unpaired) electrons. The molecule has 0 aliphatic carbocycles. The predicted molar refractivity (Wildman–Crippen MR) is 532 cm³/mol. The van der Waals surface area contributed by atoms with Gasteiger partial charge in [0.05, 0.1) is 42.1 Å². The highest BCUT2D eigenvalue weighted by molar-refractivity contribution is 5.37. The molecule has 131 heavy (non-hydrogen) atoms. The number of nitrogens with zero attached hydrogens (tertiary/aromatic N) is 3. The SMILES string of the molecule is CC(C)COC(C)c1ccc(C(C)(C)C)cc1.CC(NC(C)c1ccc(C(C)(C)C)cc1)c1ccccc1.CC(OCc1ccc(C(F)(F)F)cc1)c1ccc(C(C)(C)C)cc1.CC(c1ccc(C(C)(C)C)cc1)N(C)Cc1ccc(C(F)(F)F)cc1.CC(c1ccc(C(C)(C)C)cc1)N(C)Cc1cccc(C(F)(F)F)c1.CN(C)CC(C)(C)COc1ccc(C(C)(C)C)cc1. The lowest BCUT2D eigenvalue weighted by Gasteiger charge is -2.28. The maximum absolute atomic E-state index is 12.8. The van der Waals surface area contributed by atoms with E-state index in [1.54, 1.807) is 18.2 Å². The predicted octanol–water partition coefficient (Wildman–Crippen LogP) is 32.7. The molecule has 7 nitrogen and oxygen atoms in total. The van der Waals surface area contributed by atoms with Crippen molar-refractivity contribution in [2.45, 2.75) is 301 Å². The molecule has 0 spiro atoms. The maximum Gasteiger partial charge on any atom is 0.416 e. The molecule has 0 aliphatic rings. The summed E-state index contributed by atoms with van der Waals surface area (Å²) < 4.78 is 132. The average molecular weight is 1810 g/mol. The van der Waals surface area contributed by atoms with Gasteiger partial charge in [-0.1, -0.05) is 359 Å². The Balaban J connectivity index is 0.000000280. The monoisotopic (exact) mass is 1810 g/mol. The summed E-state index contributed by atoms with van der Waals surface area (Å²) >= 11 is 0. The Morgan fingerprint density at radius 3 is 0.916 bits per heavy atom. The van der Waals surface area contributed by atoms with Crippen molar-refractivity contribution < 1.29 is 53.7 Å². The fourth-order valence-corrected chi connectivity index (χ4v) is 14.4. The molecule has 6 atom stereocenters. The van der Waals surface area contributed by atoms with E-state index in [0.717, 1.165) is 78.1 Å². The normalized spacial score (nSPS) is 13.9. The van der Waals surface area contributed by atoms with Crippen molar-refractivity contribution in [3.8, 4) is 5.75 Å². The molecule has 0 aromatic heterocycles.